The van der Waals surface area contributed by atoms with Crippen LogP contribution in [0.15, 0.2) is 59.8 Å². The number of hydrogen-bond acceptors (Lipinski definition) is 10. The highest BCUT2D eigenvalue weighted by Crippen LogP contribution is 2.39. The second-order valence-electron chi connectivity index (χ2n) is 13.3. The van der Waals surface area contributed by atoms with Gasteiger partial charge in [-0.2, -0.15) is 17.5 Å². The number of alkyl halides is 3. The smallest absolute Gasteiger partial charge is 0.419 e. The molecule has 2 heterocycles. The van der Waals surface area contributed by atoms with Crippen LogP contribution in [0.3, 0.4) is 0 Å². The van der Waals surface area contributed by atoms with Crippen LogP contribution in [0.1, 0.15) is 49.8 Å². The molecule has 0 radical (unpaired) electrons. The van der Waals surface area contributed by atoms with Crippen LogP contribution in [0.4, 0.5) is 36.3 Å². The topological polar surface area (TPSA) is 120 Å². The number of benzene rings is 3. The molecular formula is C35H36F6N4O7S2. The summed E-state index contributed by atoms with van der Waals surface area (Å²) in [6.45, 7) is 4.02. The minimum atomic E-state index is -4.99. The molecule has 4 aromatic rings. The van der Waals surface area contributed by atoms with Gasteiger partial charge in [0.2, 0.25) is 5.13 Å². The van der Waals surface area contributed by atoms with Gasteiger partial charge >= 0.3 is 12.3 Å². The highest BCUT2D eigenvalue weighted by molar-refractivity contribution is 7.93. The van der Waals surface area contributed by atoms with Gasteiger partial charge in [-0.15, -0.1) is 0 Å². The fourth-order valence-corrected chi connectivity index (χ4v) is 8.12. The number of ether oxygens (including phenoxy) is 4. The van der Waals surface area contributed by atoms with Gasteiger partial charge in [0.25, 0.3) is 10.0 Å². The Morgan fingerprint density at radius 2 is 1.70 bits per heavy atom. The Hall–Kier alpha value is -4.78. The molecule has 11 nitrogen and oxygen atoms in total. The summed E-state index contributed by atoms with van der Waals surface area (Å²) < 4.78 is 141. The van der Waals surface area contributed by atoms with Crippen molar-refractivity contribution in [2.24, 2.45) is 5.92 Å². The third-order valence-electron chi connectivity index (χ3n) is 8.49. The molecule has 0 bridgehead atoms. The molecule has 1 aliphatic heterocycles. The maximum Gasteiger partial charge on any atom is 0.419 e. The fraction of sp³-hybridized carbons (Fsp3) is 0.400. The van der Waals surface area contributed by atoms with Crippen molar-refractivity contribution in [3.05, 3.63) is 89.0 Å². The van der Waals surface area contributed by atoms with E-state index in [4.69, 9.17) is 18.9 Å². The number of methoxy groups -OCH3 is 2. The Morgan fingerprint density at radius 1 is 0.963 bits per heavy atom. The third-order valence-corrected chi connectivity index (χ3v) is 11.0. The number of hydrogen-bond donors (Lipinski definition) is 0. The zero-order valence-electron chi connectivity index (χ0n) is 29.6. The first-order chi connectivity index (χ1) is 25.3. The van der Waals surface area contributed by atoms with Gasteiger partial charge in [-0.3, -0.25) is 0 Å². The van der Waals surface area contributed by atoms with Crippen LogP contribution in [0, 0.1) is 23.4 Å². The Bertz CT molecular complexity index is 2080. The third kappa shape index (κ3) is 9.11. The fourth-order valence-electron chi connectivity index (χ4n) is 5.93. The molecular weight excluding hydrogens is 767 g/mol. The van der Waals surface area contributed by atoms with Crippen molar-refractivity contribution in [1.29, 1.82) is 0 Å². The van der Waals surface area contributed by atoms with Crippen molar-refractivity contribution in [1.82, 2.24) is 14.3 Å². The van der Waals surface area contributed by atoms with Crippen molar-refractivity contribution < 1.29 is 58.5 Å². The van der Waals surface area contributed by atoms with Crippen molar-refractivity contribution in [2.75, 3.05) is 38.2 Å². The molecule has 5 rings (SSSR count). The normalized spacial score (nSPS) is 16.5. The summed E-state index contributed by atoms with van der Waals surface area (Å²) >= 11 is 0.695. The van der Waals surface area contributed by atoms with Crippen molar-refractivity contribution in [3.8, 4) is 17.2 Å². The van der Waals surface area contributed by atoms with Crippen LogP contribution in [-0.4, -0.2) is 68.3 Å². The average Bonchev–Trinajstić information content (AvgIpc) is 3.64. The molecule has 54 heavy (non-hydrogen) atoms. The van der Waals surface area contributed by atoms with Crippen molar-refractivity contribution in [2.45, 2.75) is 56.3 Å². The molecule has 19 heteroatoms. The summed E-state index contributed by atoms with van der Waals surface area (Å²) in [6, 6.07) is 8.16. The summed E-state index contributed by atoms with van der Waals surface area (Å²) in [5.41, 5.74) is -1.91. The number of piperidine rings is 1. The van der Waals surface area contributed by atoms with Gasteiger partial charge in [0, 0.05) is 54.3 Å². The zero-order valence-corrected chi connectivity index (χ0v) is 31.3. The summed E-state index contributed by atoms with van der Waals surface area (Å²) in [6.07, 6.45) is -4.50. The summed E-state index contributed by atoms with van der Waals surface area (Å²) in [5, 5.41) is -0.152. The van der Waals surface area contributed by atoms with Gasteiger partial charge in [-0.05, 0) is 62.9 Å². The Balaban J connectivity index is 1.44. The average molecular weight is 803 g/mol. The molecule has 1 saturated heterocycles. The van der Waals surface area contributed by atoms with Crippen molar-refractivity contribution in [3.63, 3.8) is 0 Å². The molecule has 1 aromatic heterocycles. The molecule has 1 aliphatic rings. The second-order valence-corrected chi connectivity index (χ2v) is 15.8. The Morgan fingerprint density at radius 3 is 2.33 bits per heavy atom. The Labute approximate surface area is 311 Å². The van der Waals surface area contributed by atoms with Gasteiger partial charge in [-0.1, -0.05) is 6.07 Å². The molecule has 3 aromatic carbocycles. The van der Waals surface area contributed by atoms with E-state index in [1.807, 2.05) is 0 Å². The minimum Gasteiger partial charge on any atom is -0.497 e. The number of anilines is 1. The van der Waals surface area contributed by atoms with Crippen LogP contribution in [0.25, 0.3) is 0 Å². The SMILES string of the molecule is COc1ccc(CN(c2ncns2)S(=O)(=O)c2cc(F)c(OC[C@@H]3CN(C(=O)OC(C)(C)C)CCC3c3ccc(F)c(C(F)(F)F)c3)cc2F)c(OC)c1. The Kier molecular flexibility index (Phi) is 11.9. The van der Waals surface area contributed by atoms with E-state index in [0.717, 1.165) is 10.6 Å². The first-order valence-electron chi connectivity index (χ1n) is 16.3. The molecule has 0 saturated carbocycles. The number of carbonyl (C=O) groups excluding carboxylic acids is 1. The standard InChI is InChI=1S/C35H36F6N4O7S2/c1-34(2,3)52-33(46)44-11-10-24(20-7-9-26(36)25(12-20)35(39,40)41)22(16-44)18-51-30-14-28(38)31(15-27(30)37)54(47,48)45(32-42-19-43-53-32)17-21-6-8-23(49-4)13-29(21)50-5/h6-9,12-15,19,22,24H,10-11,16-18H2,1-5H3/t22-,24?/m0/s1. The number of rotatable bonds is 11. The van der Waals surface area contributed by atoms with E-state index in [1.54, 1.807) is 26.8 Å². The molecule has 0 spiro atoms. The van der Waals surface area contributed by atoms with Crippen LogP contribution in [-0.2, 0) is 27.5 Å². The second kappa shape index (κ2) is 15.9. The quantitative estimate of drug-likeness (QED) is 0.140. The van der Waals surface area contributed by atoms with E-state index in [0.29, 0.717) is 47.1 Å². The van der Waals surface area contributed by atoms with E-state index in [-0.39, 0.29) is 36.0 Å². The zero-order chi connectivity index (χ0) is 39.6. The molecule has 292 valence electrons. The van der Waals surface area contributed by atoms with Crippen LogP contribution in [0.5, 0.6) is 17.2 Å². The number of likely N-dealkylation sites (tertiary alicyclic amines) is 1. The monoisotopic (exact) mass is 802 g/mol. The number of amides is 1. The largest absolute Gasteiger partial charge is 0.497 e. The summed E-state index contributed by atoms with van der Waals surface area (Å²) in [5.74, 6) is -5.72. The first-order valence-corrected chi connectivity index (χ1v) is 18.5. The van der Waals surface area contributed by atoms with E-state index in [9.17, 15) is 30.8 Å². The van der Waals surface area contributed by atoms with Gasteiger partial charge < -0.3 is 23.8 Å². The molecule has 1 fully saturated rings. The number of halogens is 6. The van der Waals surface area contributed by atoms with Crippen molar-refractivity contribution >= 4 is 32.8 Å². The maximum atomic E-state index is 15.8. The lowest BCUT2D eigenvalue weighted by molar-refractivity contribution is -0.140. The van der Waals surface area contributed by atoms with Crippen LogP contribution in [0.2, 0.25) is 0 Å². The summed E-state index contributed by atoms with van der Waals surface area (Å²) in [4.78, 5) is 17.2. The molecule has 2 atom stereocenters. The molecule has 0 N–H and O–H groups in total. The molecule has 0 aliphatic carbocycles. The lowest BCUT2D eigenvalue weighted by atomic mass is 9.80. The molecule has 1 amide bonds. The van der Waals surface area contributed by atoms with Gasteiger partial charge in [-0.25, -0.2) is 35.7 Å². The minimum absolute atomic E-state index is 0.0673. The van der Waals surface area contributed by atoms with E-state index >= 15 is 8.78 Å². The number of aromatic nitrogens is 2. The number of nitrogens with zero attached hydrogens (tertiary/aromatic N) is 4. The number of carbonyl (C=O) groups is 1. The van der Waals surface area contributed by atoms with E-state index in [2.05, 4.69) is 9.36 Å². The van der Waals surface area contributed by atoms with Gasteiger partial charge in [0.1, 0.15) is 40.0 Å². The highest BCUT2D eigenvalue weighted by Gasteiger charge is 2.39. The predicted molar refractivity (Wildman–Crippen MR) is 185 cm³/mol. The van der Waals surface area contributed by atoms with E-state index in [1.165, 1.54) is 37.3 Å². The van der Waals surface area contributed by atoms with Gasteiger partial charge in [0.15, 0.2) is 11.6 Å². The summed E-state index contributed by atoms with van der Waals surface area (Å²) in [7, 11) is -2.07. The number of sulfonamides is 1. The predicted octanol–water partition coefficient (Wildman–Crippen LogP) is 7.81. The van der Waals surface area contributed by atoms with Gasteiger partial charge in [0.05, 0.1) is 32.9 Å². The lowest BCUT2D eigenvalue weighted by Crippen LogP contribution is -2.46. The van der Waals surface area contributed by atoms with E-state index < -0.39 is 86.5 Å². The lowest BCUT2D eigenvalue weighted by Gasteiger charge is -2.39. The first kappa shape index (κ1) is 40.4. The highest BCUT2D eigenvalue weighted by atomic mass is 32.2. The maximum absolute atomic E-state index is 15.8. The van der Waals surface area contributed by atoms with Crippen LogP contribution < -0.4 is 18.5 Å². The molecule has 1 unspecified atom stereocenters. The van der Waals surface area contributed by atoms with Crippen LogP contribution >= 0.6 is 11.5 Å².